The molecule has 0 fully saturated rings. The van der Waals surface area contributed by atoms with Crippen LogP contribution in [-0.4, -0.2) is 44.0 Å². The van der Waals surface area contributed by atoms with Crippen molar-refractivity contribution in [3.63, 3.8) is 0 Å². The summed E-state index contributed by atoms with van der Waals surface area (Å²) >= 11 is 0. The third kappa shape index (κ3) is 2.96. The van der Waals surface area contributed by atoms with Gasteiger partial charge in [0.05, 0.1) is 11.7 Å². The van der Waals surface area contributed by atoms with E-state index in [-0.39, 0.29) is 24.5 Å². The van der Waals surface area contributed by atoms with Crippen LogP contribution >= 0.6 is 0 Å². The summed E-state index contributed by atoms with van der Waals surface area (Å²) in [6, 6.07) is 0. The van der Waals surface area contributed by atoms with Crippen LogP contribution in [0, 0.1) is 0 Å². The predicted octanol–water partition coefficient (Wildman–Crippen LogP) is 2.40. The fourth-order valence-electron chi connectivity index (χ4n) is 2.84. The second-order valence-electron chi connectivity index (χ2n) is 7.29. The number of aromatic nitrogens is 2. The molecule has 0 aromatic carbocycles. The van der Waals surface area contributed by atoms with Gasteiger partial charge in [-0.05, 0) is 27.7 Å². The van der Waals surface area contributed by atoms with Gasteiger partial charge >= 0.3 is 6.18 Å². The van der Waals surface area contributed by atoms with Crippen molar-refractivity contribution in [3.8, 4) is 0 Å². The Bertz CT molecular complexity index is 614. The van der Waals surface area contributed by atoms with Crippen LogP contribution in [0.2, 0.25) is 0 Å². The number of hydrogen-bond acceptors (Lipinski definition) is 3. The highest BCUT2D eigenvalue weighted by molar-refractivity contribution is 5.85. The number of alkyl halides is 3. The van der Waals surface area contributed by atoms with Crippen LogP contribution in [0.4, 0.5) is 13.2 Å². The number of aliphatic hydroxyl groups is 1. The molecule has 2 atom stereocenters. The van der Waals surface area contributed by atoms with E-state index in [1.165, 1.54) is 0 Å². The maximum Gasteiger partial charge on any atom is 0.426 e. The lowest BCUT2D eigenvalue weighted by molar-refractivity contribution is -0.250. The monoisotopic (exact) mass is 333 g/mol. The highest BCUT2D eigenvalue weighted by atomic mass is 19.4. The molecule has 1 aliphatic heterocycles. The van der Waals surface area contributed by atoms with Gasteiger partial charge in [0.2, 0.25) is 5.60 Å². The Balaban J connectivity index is 2.33. The molecular formula is C15H22F3N3O2. The molecule has 1 aromatic heterocycles. The van der Waals surface area contributed by atoms with E-state index in [9.17, 15) is 23.1 Å². The number of carbonyl (C=O) groups excluding carboxylic acids is 1. The van der Waals surface area contributed by atoms with E-state index < -0.39 is 17.7 Å². The van der Waals surface area contributed by atoms with Crippen LogP contribution < -0.4 is 0 Å². The molecule has 2 rings (SSSR count). The maximum absolute atomic E-state index is 12.9. The zero-order chi connectivity index (χ0) is 17.8. The van der Waals surface area contributed by atoms with Crippen molar-refractivity contribution in [2.24, 2.45) is 0 Å². The van der Waals surface area contributed by atoms with Crippen molar-refractivity contribution in [3.05, 3.63) is 17.5 Å². The van der Waals surface area contributed by atoms with Gasteiger partial charge in [0, 0.05) is 30.3 Å². The van der Waals surface area contributed by atoms with Crippen molar-refractivity contribution in [1.82, 2.24) is 14.7 Å². The van der Waals surface area contributed by atoms with E-state index in [1.807, 2.05) is 32.4 Å². The van der Waals surface area contributed by atoms with Crippen LogP contribution in [0.25, 0.3) is 0 Å². The van der Waals surface area contributed by atoms with E-state index in [1.54, 1.807) is 6.20 Å². The van der Waals surface area contributed by atoms with Gasteiger partial charge in [-0.2, -0.15) is 18.3 Å². The molecule has 2 heterocycles. The molecule has 0 aliphatic carbocycles. The van der Waals surface area contributed by atoms with Gasteiger partial charge in [-0.15, -0.1) is 0 Å². The number of nitrogens with zero attached hydrogens (tertiary/aromatic N) is 3. The minimum Gasteiger partial charge on any atom is -0.373 e. The molecule has 0 spiro atoms. The third-order valence-corrected chi connectivity index (χ3v) is 4.10. The summed E-state index contributed by atoms with van der Waals surface area (Å²) in [5, 5.41) is 13.9. The molecule has 0 radical (unpaired) electrons. The van der Waals surface area contributed by atoms with Crippen molar-refractivity contribution in [1.29, 1.82) is 0 Å². The minimum atomic E-state index is -5.01. The van der Waals surface area contributed by atoms with Crippen molar-refractivity contribution in [2.75, 3.05) is 6.54 Å². The average molecular weight is 333 g/mol. The quantitative estimate of drug-likeness (QED) is 0.858. The standard InChI is InChI=1S/C15H22F3N3O2/c1-9-7-20(12(22)14(5,23)15(16,17)18)8-10-6-19-21(11(9)10)13(2,3)4/h6,9,23H,7-8H2,1-5H3. The molecule has 130 valence electrons. The number of halogens is 3. The van der Waals surface area contributed by atoms with E-state index in [0.717, 1.165) is 10.6 Å². The fraction of sp³-hybridized carbons (Fsp3) is 0.733. The van der Waals surface area contributed by atoms with E-state index in [2.05, 4.69) is 5.10 Å². The van der Waals surface area contributed by atoms with Gasteiger partial charge in [-0.1, -0.05) is 6.92 Å². The predicted molar refractivity (Wildman–Crippen MR) is 77.7 cm³/mol. The molecule has 2 unspecified atom stereocenters. The van der Waals surface area contributed by atoms with Gasteiger partial charge in [-0.25, -0.2) is 0 Å². The summed E-state index contributed by atoms with van der Waals surface area (Å²) in [6.07, 6.45) is -3.43. The number of hydrogen-bond donors (Lipinski definition) is 1. The lowest BCUT2D eigenvalue weighted by atomic mass is 9.94. The molecule has 5 nitrogen and oxygen atoms in total. The van der Waals surface area contributed by atoms with E-state index >= 15 is 0 Å². The SMILES string of the molecule is CC1CN(C(=O)C(C)(O)C(F)(F)F)Cc2cnn(C(C)(C)C)c21. The van der Waals surface area contributed by atoms with Crippen LogP contribution in [0.15, 0.2) is 6.20 Å². The Morgan fingerprint density at radius 2 is 1.87 bits per heavy atom. The van der Waals surface area contributed by atoms with Crippen molar-refractivity contribution < 1.29 is 23.1 Å². The number of amides is 1. The Labute approximate surface area is 133 Å². The first-order valence-corrected chi connectivity index (χ1v) is 7.42. The van der Waals surface area contributed by atoms with Crippen LogP contribution in [0.5, 0.6) is 0 Å². The Morgan fingerprint density at radius 3 is 2.35 bits per heavy atom. The molecular weight excluding hydrogens is 311 g/mol. The second-order valence-corrected chi connectivity index (χ2v) is 7.29. The summed E-state index contributed by atoms with van der Waals surface area (Å²) in [6.45, 7) is 8.41. The number of fused-ring (bicyclic) bond motifs is 1. The van der Waals surface area contributed by atoms with Gasteiger partial charge in [-0.3, -0.25) is 9.48 Å². The summed E-state index contributed by atoms with van der Waals surface area (Å²) in [4.78, 5) is 13.2. The molecule has 0 saturated heterocycles. The summed E-state index contributed by atoms with van der Waals surface area (Å²) in [5.74, 6) is -1.50. The van der Waals surface area contributed by atoms with Gasteiger partial charge in [0.1, 0.15) is 0 Å². The Morgan fingerprint density at radius 1 is 1.30 bits per heavy atom. The normalized spacial score (nSPS) is 21.8. The first-order valence-electron chi connectivity index (χ1n) is 7.42. The van der Waals surface area contributed by atoms with Crippen LogP contribution in [0.1, 0.15) is 51.8 Å². The van der Waals surface area contributed by atoms with E-state index in [4.69, 9.17) is 0 Å². The summed E-state index contributed by atoms with van der Waals surface area (Å²) in [7, 11) is 0. The van der Waals surface area contributed by atoms with Crippen LogP contribution in [0.3, 0.4) is 0 Å². The zero-order valence-electron chi connectivity index (χ0n) is 13.9. The van der Waals surface area contributed by atoms with E-state index in [0.29, 0.717) is 12.5 Å². The molecule has 1 aromatic rings. The molecule has 1 amide bonds. The summed E-state index contributed by atoms with van der Waals surface area (Å²) in [5.41, 5.74) is -2.01. The largest absolute Gasteiger partial charge is 0.426 e. The lowest BCUT2D eigenvalue weighted by Gasteiger charge is -2.37. The van der Waals surface area contributed by atoms with Crippen molar-refractivity contribution >= 4 is 5.91 Å². The Hall–Kier alpha value is -1.57. The summed E-state index contributed by atoms with van der Waals surface area (Å²) < 4.78 is 40.5. The molecule has 8 heteroatoms. The lowest BCUT2D eigenvalue weighted by Crippen LogP contribution is -2.57. The Kier molecular flexibility index (Phi) is 4.04. The smallest absolute Gasteiger partial charge is 0.373 e. The third-order valence-electron chi connectivity index (χ3n) is 4.10. The molecule has 1 aliphatic rings. The fourth-order valence-corrected chi connectivity index (χ4v) is 2.84. The minimum absolute atomic E-state index is 0.0147. The first kappa shape index (κ1) is 17.8. The molecule has 1 N–H and O–H groups in total. The van der Waals surface area contributed by atoms with Gasteiger partial charge in [0.15, 0.2) is 0 Å². The zero-order valence-corrected chi connectivity index (χ0v) is 13.9. The molecule has 23 heavy (non-hydrogen) atoms. The highest BCUT2D eigenvalue weighted by Gasteiger charge is 2.57. The maximum atomic E-state index is 12.9. The topological polar surface area (TPSA) is 58.4 Å². The second kappa shape index (κ2) is 5.22. The van der Waals surface area contributed by atoms with Crippen LogP contribution in [-0.2, 0) is 16.9 Å². The molecule has 0 saturated carbocycles. The highest BCUT2D eigenvalue weighted by Crippen LogP contribution is 2.36. The van der Waals surface area contributed by atoms with Gasteiger partial charge < -0.3 is 10.0 Å². The number of rotatable bonds is 1. The number of carbonyl (C=O) groups is 1. The van der Waals surface area contributed by atoms with Gasteiger partial charge in [0.25, 0.3) is 5.91 Å². The molecule has 0 bridgehead atoms. The first-order chi connectivity index (χ1) is 10.3. The van der Waals surface area contributed by atoms with Crippen molar-refractivity contribution in [2.45, 2.75) is 64.4 Å². The average Bonchev–Trinajstić information content (AvgIpc) is 2.80.